The molecule has 0 bridgehead atoms. The first kappa shape index (κ1) is 21.2. The number of ether oxygens (including phenoxy) is 2. The van der Waals surface area contributed by atoms with Crippen molar-refractivity contribution in [3.05, 3.63) is 96.3 Å². The van der Waals surface area contributed by atoms with Crippen molar-refractivity contribution < 1.29 is 18.3 Å². The number of hydrogen-bond donors (Lipinski definition) is 0. The predicted octanol–water partition coefficient (Wildman–Crippen LogP) is 4.73. The molecule has 0 radical (unpaired) electrons. The minimum atomic E-state index is 0.292. The Morgan fingerprint density at radius 1 is 0.882 bits per heavy atom. The quantitative estimate of drug-likeness (QED) is 0.314. The summed E-state index contributed by atoms with van der Waals surface area (Å²) in [4.78, 5) is 8.93. The fourth-order valence-corrected chi connectivity index (χ4v) is 3.19. The van der Waals surface area contributed by atoms with Gasteiger partial charge in [-0.15, -0.1) is 5.10 Å². The number of hydrogen-bond acceptors (Lipinski definition) is 8. The molecule has 2 aromatic carbocycles. The number of benzene rings is 2. The van der Waals surface area contributed by atoms with Crippen molar-refractivity contribution in [2.45, 2.75) is 13.2 Å². The van der Waals surface area contributed by atoms with E-state index in [2.05, 4.69) is 20.3 Å². The molecule has 170 valence electrons. The summed E-state index contributed by atoms with van der Waals surface area (Å²) in [6.45, 7) is 0.792. The van der Waals surface area contributed by atoms with Gasteiger partial charge in [-0.2, -0.15) is 0 Å². The molecule has 5 aromatic rings. The van der Waals surface area contributed by atoms with Crippen LogP contribution in [0, 0.1) is 0 Å². The van der Waals surface area contributed by atoms with Crippen LogP contribution in [0.15, 0.2) is 82.3 Å². The second kappa shape index (κ2) is 9.86. The van der Waals surface area contributed by atoms with Crippen LogP contribution in [0.3, 0.4) is 0 Å². The minimum absolute atomic E-state index is 0.292. The number of methoxy groups -OCH3 is 1. The highest BCUT2D eigenvalue weighted by molar-refractivity contribution is 5.66. The highest BCUT2D eigenvalue weighted by Gasteiger charge is 2.09. The van der Waals surface area contributed by atoms with Crippen molar-refractivity contribution in [2.75, 3.05) is 7.11 Å². The zero-order chi connectivity index (χ0) is 23.2. The Bertz CT molecular complexity index is 1350. The summed E-state index contributed by atoms with van der Waals surface area (Å²) in [7, 11) is 1.64. The van der Waals surface area contributed by atoms with E-state index >= 15 is 0 Å². The van der Waals surface area contributed by atoms with E-state index in [9.17, 15) is 0 Å². The van der Waals surface area contributed by atoms with Crippen LogP contribution in [0.2, 0.25) is 0 Å². The lowest BCUT2D eigenvalue weighted by molar-refractivity contribution is 0.301. The third kappa shape index (κ3) is 5.21. The Morgan fingerprint density at radius 3 is 2.44 bits per heavy atom. The molecule has 0 aliphatic heterocycles. The van der Waals surface area contributed by atoms with Crippen molar-refractivity contribution in [2.24, 2.45) is 0 Å². The van der Waals surface area contributed by atoms with Gasteiger partial charge in [0, 0.05) is 17.8 Å². The summed E-state index contributed by atoms with van der Waals surface area (Å²) in [5, 5.41) is 7.71. The molecule has 0 spiro atoms. The van der Waals surface area contributed by atoms with Gasteiger partial charge >= 0.3 is 0 Å². The first-order chi connectivity index (χ1) is 16.7. The van der Waals surface area contributed by atoms with Crippen LogP contribution in [-0.4, -0.2) is 32.1 Å². The smallest absolute Gasteiger partial charge is 0.226 e. The average molecular weight is 455 g/mol. The molecule has 5 rings (SSSR count). The maximum atomic E-state index is 5.83. The van der Waals surface area contributed by atoms with Gasteiger partial charge < -0.3 is 18.3 Å². The van der Waals surface area contributed by atoms with E-state index in [1.54, 1.807) is 36.7 Å². The van der Waals surface area contributed by atoms with Crippen molar-refractivity contribution in [3.8, 4) is 23.0 Å². The molecule has 0 amide bonds. The zero-order valence-electron chi connectivity index (χ0n) is 18.4. The molecular weight excluding hydrogens is 434 g/mol. The second-order valence-corrected chi connectivity index (χ2v) is 7.34. The van der Waals surface area contributed by atoms with Crippen LogP contribution in [0.5, 0.6) is 11.5 Å². The van der Waals surface area contributed by atoms with Gasteiger partial charge in [0.25, 0.3) is 0 Å². The Labute approximate surface area is 195 Å². The van der Waals surface area contributed by atoms with Gasteiger partial charge in [0.1, 0.15) is 42.0 Å². The van der Waals surface area contributed by atoms with Crippen LogP contribution in [0.4, 0.5) is 0 Å². The lowest BCUT2D eigenvalue weighted by Gasteiger charge is -2.04. The summed E-state index contributed by atoms with van der Waals surface area (Å²) in [5.41, 5.74) is 3.34. The Balaban J connectivity index is 1.15. The molecule has 0 fully saturated rings. The first-order valence-electron chi connectivity index (χ1n) is 10.5. The molecule has 0 saturated carbocycles. The van der Waals surface area contributed by atoms with Crippen molar-refractivity contribution >= 4 is 12.2 Å². The summed E-state index contributed by atoms with van der Waals surface area (Å²) in [6, 6.07) is 15.2. The molecule has 0 aliphatic rings. The molecule has 0 atom stereocenters. The molecule has 3 heterocycles. The van der Waals surface area contributed by atoms with E-state index < -0.39 is 0 Å². The average Bonchev–Trinajstić information content (AvgIpc) is 3.65. The van der Waals surface area contributed by atoms with Crippen LogP contribution in [0.1, 0.15) is 22.8 Å². The van der Waals surface area contributed by atoms with Crippen molar-refractivity contribution in [3.63, 3.8) is 0 Å². The summed E-state index contributed by atoms with van der Waals surface area (Å²) in [6.07, 6.45) is 10.3. The van der Waals surface area contributed by atoms with Crippen molar-refractivity contribution in [1.82, 2.24) is 25.0 Å². The number of oxazole rings is 2. The predicted molar refractivity (Wildman–Crippen MR) is 124 cm³/mol. The van der Waals surface area contributed by atoms with Crippen LogP contribution < -0.4 is 9.47 Å². The Morgan fingerprint density at radius 2 is 1.68 bits per heavy atom. The summed E-state index contributed by atoms with van der Waals surface area (Å²) in [5.74, 6) is 2.56. The lowest BCUT2D eigenvalue weighted by atomic mass is 10.2. The molecule has 0 N–H and O–H groups in total. The SMILES string of the molecule is COc1ccc(C=Cc2nc(COc3ccc(-c4nc(Cn5ccnn5)co4)cc3)co2)cc1. The molecule has 9 heteroatoms. The maximum Gasteiger partial charge on any atom is 0.226 e. The Hall–Kier alpha value is -4.66. The van der Waals surface area contributed by atoms with E-state index in [1.165, 1.54) is 0 Å². The largest absolute Gasteiger partial charge is 0.497 e. The number of rotatable bonds is 9. The Kier molecular flexibility index (Phi) is 6.15. The minimum Gasteiger partial charge on any atom is -0.497 e. The van der Waals surface area contributed by atoms with Gasteiger partial charge in [-0.05, 0) is 48.0 Å². The maximum absolute atomic E-state index is 5.83. The second-order valence-electron chi connectivity index (χ2n) is 7.34. The fourth-order valence-electron chi connectivity index (χ4n) is 3.19. The molecule has 0 saturated heterocycles. The first-order valence-corrected chi connectivity index (χ1v) is 10.5. The molecule has 3 aromatic heterocycles. The standard InChI is InChI=1S/C25H21N5O4/c1-31-22-7-2-18(3-8-22)4-11-24-27-21(17-33-24)16-32-23-9-5-19(6-10-23)25-28-20(15-34-25)14-30-13-12-26-29-30/h2-13,15,17H,14,16H2,1H3. The van der Waals surface area contributed by atoms with Crippen molar-refractivity contribution in [1.29, 1.82) is 0 Å². The van der Waals surface area contributed by atoms with Gasteiger partial charge in [0.05, 0.1) is 19.9 Å². The van der Waals surface area contributed by atoms with Gasteiger partial charge in [-0.3, -0.25) is 0 Å². The highest BCUT2D eigenvalue weighted by Crippen LogP contribution is 2.23. The molecule has 9 nitrogen and oxygen atoms in total. The molecule has 0 aliphatic carbocycles. The topological polar surface area (TPSA) is 101 Å². The molecule has 34 heavy (non-hydrogen) atoms. The van der Waals surface area contributed by atoms with E-state index in [0.29, 0.717) is 36.4 Å². The van der Waals surface area contributed by atoms with Crippen LogP contribution >= 0.6 is 0 Å². The van der Waals surface area contributed by atoms with E-state index in [1.807, 2.05) is 60.7 Å². The van der Waals surface area contributed by atoms with Gasteiger partial charge in [-0.1, -0.05) is 17.3 Å². The molecule has 0 unspecified atom stereocenters. The summed E-state index contributed by atoms with van der Waals surface area (Å²) < 4.78 is 23.8. The van der Waals surface area contributed by atoms with E-state index in [-0.39, 0.29) is 0 Å². The highest BCUT2D eigenvalue weighted by atomic mass is 16.5. The number of nitrogens with zero attached hydrogens (tertiary/aromatic N) is 5. The third-order valence-electron chi connectivity index (χ3n) is 4.94. The number of aromatic nitrogens is 5. The fraction of sp³-hybridized carbons (Fsp3) is 0.120. The van der Waals surface area contributed by atoms with E-state index in [4.69, 9.17) is 18.3 Å². The van der Waals surface area contributed by atoms with Crippen LogP contribution in [-0.2, 0) is 13.2 Å². The normalized spacial score (nSPS) is 11.2. The summed E-state index contributed by atoms with van der Waals surface area (Å²) >= 11 is 0. The van der Waals surface area contributed by atoms with Gasteiger partial charge in [0.2, 0.25) is 11.8 Å². The molecular formula is C25H21N5O4. The van der Waals surface area contributed by atoms with Gasteiger partial charge in [0.15, 0.2) is 0 Å². The van der Waals surface area contributed by atoms with Gasteiger partial charge in [-0.25, -0.2) is 14.6 Å². The third-order valence-corrected chi connectivity index (χ3v) is 4.94. The van der Waals surface area contributed by atoms with E-state index in [0.717, 1.165) is 22.6 Å². The monoisotopic (exact) mass is 455 g/mol. The lowest BCUT2D eigenvalue weighted by Crippen LogP contribution is -2.00. The zero-order valence-corrected chi connectivity index (χ0v) is 18.4. The van der Waals surface area contributed by atoms with Crippen LogP contribution in [0.25, 0.3) is 23.6 Å².